The molecule has 0 aromatic heterocycles. The van der Waals surface area contributed by atoms with Crippen molar-refractivity contribution in [2.75, 3.05) is 7.11 Å². The largest absolute Gasteiger partial charge is 0.376 e. The number of benzene rings is 1. The fourth-order valence-corrected chi connectivity index (χ4v) is 2.51. The summed E-state index contributed by atoms with van der Waals surface area (Å²) in [5, 5.41) is 0. The Bertz CT molecular complexity index is 383. The van der Waals surface area contributed by atoms with Gasteiger partial charge in [-0.1, -0.05) is 19.9 Å². The second kappa shape index (κ2) is 6.27. The fraction of sp³-hybridized carbons (Fsp3) is 0.571. The molecular formula is C14H23FN2O. The van der Waals surface area contributed by atoms with Gasteiger partial charge in [0.05, 0.1) is 11.6 Å². The summed E-state index contributed by atoms with van der Waals surface area (Å²) in [6, 6.07) is 4.52. The van der Waals surface area contributed by atoms with Gasteiger partial charge in [0.1, 0.15) is 5.82 Å². The zero-order valence-corrected chi connectivity index (χ0v) is 11.6. The summed E-state index contributed by atoms with van der Waals surface area (Å²) < 4.78 is 19.1. The Morgan fingerprint density at radius 2 is 2.00 bits per heavy atom. The summed E-state index contributed by atoms with van der Waals surface area (Å²) in [5.41, 5.74) is 4.22. The van der Waals surface area contributed by atoms with Gasteiger partial charge in [0.15, 0.2) is 0 Å². The molecule has 0 aliphatic rings. The molecule has 0 bridgehead atoms. The molecular weight excluding hydrogens is 231 g/mol. The lowest BCUT2D eigenvalue weighted by Crippen LogP contribution is -2.47. The average molecular weight is 254 g/mol. The summed E-state index contributed by atoms with van der Waals surface area (Å²) >= 11 is 0. The van der Waals surface area contributed by atoms with Crippen LogP contribution in [0.15, 0.2) is 18.2 Å². The molecule has 0 aliphatic carbocycles. The minimum Gasteiger partial charge on any atom is -0.376 e. The van der Waals surface area contributed by atoms with E-state index in [1.807, 2.05) is 20.8 Å². The predicted molar refractivity (Wildman–Crippen MR) is 71.5 cm³/mol. The Hall–Kier alpha value is -0.970. The van der Waals surface area contributed by atoms with Crippen molar-refractivity contribution in [1.29, 1.82) is 0 Å². The van der Waals surface area contributed by atoms with E-state index in [9.17, 15) is 4.39 Å². The Labute approximate surface area is 108 Å². The van der Waals surface area contributed by atoms with Gasteiger partial charge < -0.3 is 4.74 Å². The minimum absolute atomic E-state index is 0.229. The Kier molecular flexibility index (Phi) is 5.26. The van der Waals surface area contributed by atoms with Crippen molar-refractivity contribution < 1.29 is 9.13 Å². The molecule has 1 unspecified atom stereocenters. The van der Waals surface area contributed by atoms with Gasteiger partial charge >= 0.3 is 0 Å². The van der Waals surface area contributed by atoms with Crippen LogP contribution in [0.2, 0.25) is 0 Å². The van der Waals surface area contributed by atoms with E-state index in [2.05, 4.69) is 5.43 Å². The summed E-state index contributed by atoms with van der Waals surface area (Å²) in [4.78, 5) is 0. The minimum atomic E-state index is -0.423. The van der Waals surface area contributed by atoms with Crippen molar-refractivity contribution in [3.05, 3.63) is 35.1 Å². The molecule has 1 rings (SSSR count). The molecule has 0 heterocycles. The van der Waals surface area contributed by atoms with E-state index in [4.69, 9.17) is 10.6 Å². The summed E-state index contributed by atoms with van der Waals surface area (Å²) in [6.07, 6.45) is 1.59. The topological polar surface area (TPSA) is 47.3 Å². The number of halogens is 1. The zero-order valence-electron chi connectivity index (χ0n) is 11.6. The van der Waals surface area contributed by atoms with Crippen LogP contribution in [-0.4, -0.2) is 12.7 Å². The van der Waals surface area contributed by atoms with Gasteiger partial charge in [0.2, 0.25) is 0 Å². The van der Waals surface area contributed by atoms with E-state index in [1.165, 1.54) is 12.1 Å². The van der Waals surface area contributed by atoms with Crippen molar-refractivity contribution in [3.8, 4) is 0 Å². The molecule has 1 atom stereocenters. The van der Waals surface area contributed by atoms with Crippen LogP contribution < -0.4 is 11.3 Å². The lowest BCUT2D eigenvalue weighted by atomic mass is 9.82. The van der Waals surface area contributed by atoms with Crippen molar-refractivity contribution in [3.63, 3.8) is 0 Å². The number of ether oxygens (including phenoxy) is 1. The number of hydrogen-bond acceptors (Lipinski definition) is 3. The van der Waals surface area contributed by atoms with E-state index in [0.717, 1.165) is 24.0 Å². The molecule has 0 radical (unpaired) electrons. The molecule has 0 saturated heterocycles. The predicted octanol–water partition coefficient (Wildman–Crippen LogP) is 2.84. The Balaban J connectivity index is 3.27. The number of aryl methyl sites for hydroxylation is 1. The van der Waals surface area contributed by atoms with Gasteiger partial charge in [-0.15, -0.1) is 0 Å². The summed E-state index contributed by atoms with van der Waals surface area (Å²) in [7, 11) is 1.67. The maximum atomic E-state index is 13.4. The molecule has 0 amide bonds. The van der Waals surface area contributed by atoms with Crippen LogP contribution in [-0.2, 0) is 4.74 Å². The zero-order chi connectivity index (χ0) is 13.8. The highest BCUT2D eigenvalue weighted by Crippen LogP contribution is 2.35. The van der Waals surface area contributed by atoms with Crippen LogP contribution in [0, 0.1) is 12.7 Å². The Morgan fingerprint density at radius 1 is 1.39 bits per heavy atom. The molecule has 0 spiro atoms. The summed E-state index contributed by atoms with van der Waals surface area (Å²) in [6.45, 7) is 6.04. The number of hydrogen-bond donors (Lipinski definition) is 2. The third-order valence-corrected chi connectivity index (χ3v) is 3.85. The molecule has 4 heteroatoms. The lowest BCUT2D eigenvalue weighted by molar-refractivity contribution is -0.0488. The first-order valence-corrected chi connectivity index (χ1v) is 6.32. The van der Waals surface area contributed by atoms with E-state index >= 15 is 0 Å². The van der Waals surface area contributed by atoms with Crippen LogP contribution in [0.25, 0.3) is 0 Å². The van der Waals surface area contributed by atoms with Crippen molar-refractivity contribution in [1.82, 2.24) is 5.43 Å². The highest BCUT2D eigenvalue weighted by Gasteiger charge is 2.37. The molecule has 1 aromatic carbocycles. The van der Waals surface area contributed by atoms with Gasteiger partial charge in [-0.2, -0.15) is 0 Å². The maximum absolute atomic E-state index is 13.4. The van der Waals surface area contributed by atoms with Gasteiger partial charge in [0, 0.05) is 7.11 Å². The highest BCUT2D eigenvalue weighted by atomic mass is 19.1. The third kappa shape index (κ3) is 2.71. The number of nitrogens with two attached hydrogens (primary N) is 1. The molecule has 0 aliphatic heterocycles. The van der Waals surface area contributed by atoms with Crippen LogP contribution in [0.1, 0.15) is 43.9 Å². The number of nitrogens with one attached hydrogen (secondary N) is 1. The highest BCUT2D eigenvalue weighted by molar-refractivity contribution is 5.31. The maximum Gasteiger partial charge on any atom is 0.123 e. The monoisotopic (exact) mass is 254 g/mol. The van der Waals surface area contributed by atoms with Gasteiger partial charge in [-0.05, 0) is 43.0 Å². The molecule has 0 saturated carbocycles. The SMILES string of the molecule is CCC(CC)(OC)C(NN)c1cc(F)ccc1C. The first-order valence-electron chi connectivity index (χ1n) is 6.32. The van der Waals surface area contributed by atoms with Gasteiger partial charge in [0.25, 0.3) is 0 Å². The molecule has 1 aromatic rings. The molecule has 3 nitrogen and oxygen atoms in total. The first kappa shape index (κ1) is 15.1. The first-order chi connectivity index (χ1) is 8.54. The second-order valence-corrected chi connectivity index (χ2v) is 4.58. The molecule has 3 N–H and O–H groups in total. The molecule has 18 heavy (non-hydrogen) atoms. The fourth-order valence-electron chi connectivity index (χ4n) is 2.51. The normalized spacial score (nSPS) is 13.7. The van der Waals surface area contributed by atoms with Crippen LogP contribution in [0.3, 0.4) is 0 Å². The quantitative estimate of drug-likeness (QED) is 0.606. The van der Waals surface area contributed by atoms with Crippen molar-refractivity contribution in [2.45, 2.75) is 45.3 Å². The van der Waals surface area contributed by atoms with Crippen molar-refractivity contribution >= 4 is 0 Å². The lowest BCUT2D eigenvalue weighted by Gasteiger charge is -2.39. The van der Waals surface area contributed by atoms with E-state index in [1.54, 1.807) is 13.2 Å². The smallest absolute Gasteiger partial charge is 0.123 e. The Morgan fingerprint density at radius 3 is 2.44 bits per heavy atom. The van der Waals surface area contributed by atoms with Crippen LogP contribution in [0.4, 0.5) is 4.39 Å². The van der Waals surface area contributed by atoms with E-state index in [0.29, 0.717) is 0 Å². The van der Waals surface area contributed by atoms with E-state index < -0.39 is 5.60 Å². The average Bonchev–Trinajstić information content (AvgIpc) is 2.39. The molecule has 102 valence electrons. The van der Waals surface area contributed by atoms with Gasteiger partial charge in [-0.25, -0.2) is 4.39 Å². The number of rotatable bonds is 6. The van der Waals surface area contributed by atoms with E-state index in [-0.39, 0.29) is 11.9 Å². The van der Waals surface area contributed by atoms with Crippen molar-refractivity contribution in [2.24, 2.45) is 5.84 Å². The summed E-state index contributed by atoms with van der Waals surface area (Å²) in [5.74, 6) is 5.43. The van der Waals surface area contributed by atoms with Gasteiger partial charge in [-0.3, -0.25) is 11.3 Å². The molecule has 0 fully saturated rings. The number of hydrazine groups is 1. The van der Waals surface area contributed by atoms with Crippen LogP contribution >= 0.6 is 0 Å². The second-order valence-electron chi connectivity index (χ2n) is 4.58. The third-order valence-electron chi connectivity index (χ3n) is 3.85. The van der Waals surface area contributed by atoms with Crippen LogP contribution in [0.5, 0.6) is 0 Å². The number of methoxy groups -OCH3 is 1. The standard InChI is InChI=1S/C14H23FN2O/c1-5-14(6-2,18-4)13(17-16)12-9-11(15)8-7-10(12)3/h7-9,13,17H,5-6,16H2,1-4H3.